The molecule has 1 fully saturated rings. The number of hydrogen-bond acceptors (Lipinski definition) is 4. The Morgan fingerprint density at radius 1 is 1.03 bits per heavy atom. The van der Waals surface area contributed by atoms with Gasteiger partial charge >= 0.3 is 0 Å². The van der Waals surface area contributed by atoms with Crippen molar-refractivity contribution in [2.75, 3.05) is 19.6 Å². The maximum absolute atomic E-state index is 13.1. The van der Waals surface area contributed by atoms with Gasteiger partial charge in [0.05, 0.1) is 4.88 Å². The number of piperidine rings is 1. The van der Waals surface area contributed by atoms with Crippen LogP contribution in [0, 0.1) is 5.92 Å². The zero-order chi connectivity index (χ0) is 23.4. The van der Waals surface area contributed by atoms with Crippen LogP contribution in [0.15, 0.2) is 54.6 Å². The zero-order valence-electron chi connectivity index (χ0n) is 19.9. The number of thiophene rings is 1. The molecule has 1 aliphatic heterocycles. The fraction of sp³-hybridized carbons (Fsp3) is 0.393. The van der Waals surface area contributed by atoms with Gasteiger partial charge in [-0.25, -0.2) is 0 Å². The SMILES string of the molecule is CC(C)(C)c1ccc(-c2sc(C(=O)NCC3CCNCC3)cc2-c2ccc(CN)cc2)cc1. The second kappa shape index (κ2) is 10.2. The van der Waals surface area contributed by atoms with Crippen LogP contribution in [-0.4, -0.2) is 25.5 Å². The predicted octanol–water partition coefficient (Wildman–Crippen LogP) is 5.57. The van der Waals surface area contributed by atoms with Gasteiger partial charge in [0.2, 0.25) is 0 Å². The molecule has 3 aromatic rings. The summed E-state index contributed by atoms with van der Waals surface area (Å²) >= 11 is 1.58. The van der Waals surface area contributed by atoms with E-state index in [0.29, 0.717) is 12.5 Å². The third-order valence-corrected chi connectivity index (χ3v) is 7.66. The number of carbonyl (C=O) groups is 1. The molecule has 4 N–H and O–H groups in total. The Kier molecular flexibility index (Phi) is 7.32. The molecule has 1 amide bonds. The Hall–Kier alpha value is -2.47. The van der Waals surface area contributed by atoms with E-state index in [9.17, 15) is 4.79 Å². The molecule has 0 radical (unpaired) electrons. The maximum Gasteiger partial charge on any atom is 0.261 e. The summed E-state index contributed by atoms with van der Waals surface area (Å²) < 4.78 is 0. The van der Waals surface area contributed by atoms with E-state index in [1.165, 1.54) is 5.56 Å². The topological polar surface area (TPSA) is 67.2 Å². The first-order valence-electron chi connectivity index (χ1n) is 11.9. The molecule has 4 rings (SSSR count). The van der Waals surface area contributed by atoms with Crippen molar-refractivity contribution in [3.05, 3.63) is 70.6 Å². The van der Waals surface area contributed by atoms with Crippen LogP contribution < -0.4 is 16.4 Å². The molecule has 33 heavy (non-hydrogen) atoms. The number of rotatable bonds is 6. The van der Waals surface area contributed by atoms with Gasteiger partial charge in [-0.15, -0.1) is 11.3 Å². The third kappa shape index (κ3) is 5.72. The van der Waals surface area contributed by atoms with Gasteiger partial charge in [-0.2, -0.15) is 0 Å². The van der Waals surface area contributed by atoms with Crippen LogP contribution in [-0.2, 0) is 12.0 Å². The highest BCUT2D eigenvalue weighted by molar-refractivity contribution is 7.18. The van der Waals surface area contributed by atoms with E-state index < -0.39 is 0 Å². The molecule has 0 spiro atoms. The highest BCUT2D eigenvalue weighted by Gasteiger charge is 2.20. The smallest absolute Gasteiger partial charge is 0.261 e. The van der Waals surface area contributed by atoms with Crippen LogP contribution in [0.25, 0.3) is 21.6 Å². The highest BCUT2D eigenvalue weighted by Crippen LogP contribution is 2.40. The fourth-order valence-electron chi connectivity index (χ4n) is 4.28. The summed E-state index contributed by atoms with van der Waals surface area (Å²) in [6, 6.07) is 19.2. The van der Waals surface area contributed by atoms with Gasteiger partial charge in [-0.3, -0.25) is 4.79 Å². The first-order chi connectivity index (χ1) is 15.8. The summed E-state index contributed by atoms with van der Waals surface area (Å²) in [5.74, 6) is 0.582. The van der Waals surface area contributed by atoms with Crippen LogP contribution in [0.1, 0.15) is 54.4 Å². The van der Waals surface area contributed by atoms with Gasteiger partial charge in [-0.1, -0.05) is 69.3 Å². The average Bonchev–Trinajstić information content (AvgIpc) is 3.28. The van der Waals surface area contributed by atoms with Crippen LogP contribution in [0.2, 0.25) is 0 Å². The van der Waals surface area contributed by atoms with E-state index >= 15 is 0 Å². The minimum absolute atomic E-state index is 0.0240. The average molecular weight is 462 g/mol. The van der Waals surface area contributed by atoms with Gasteiger partial charge in [-0.05, 0) is 65.6 Å². The van der Waals surface area contributed by atoms with Gasteiger partial charge < -0.3 is 16.4 Å². The van der Waals surface area contributed by atoms with E-state index in [0.717, 1.165) is 64.5 Å². The molecule has 174 valence electrons. The van der Waals surface area contributed by atoms with Crippen molar-refractivity contribution < 1.29 is 4.79 Å². The molecule has 5 heteroatoms. The lowest BCUT2D eigenvalue weighted by molar-refractivity contribution is 0.0948. The van der Waals surface area contributed by atoms with Gasteiger partial charge in [0, 0.05) is 23.5 Å². The lowest BCUT2D eigenvalue weighted by atomic mass is 9.86. The molecule has 4 nitrogen and oxygen atoms in total. The summed E-state index contributed by atoms with van der Waals surface area (Å²) in [4.78, 5) is 15.0. The van der Waals surface area contributed by atoms with E-state index in [1.807, 2.05) is 6.07 Å². The van der Waals surface area contributed by atoms with Crippen molar-refractivity contribution in [1.82, 2.24) is 10.6 Å². The highest BCUT2D eigenvalue weighted by atomic mass is 32.1. The lowest BCUT2D eigenvalue weighted by Crippen LogP contribution is -2.35. The molecule has 2 aromatic carbocycles. The van der Waals surface area contributed by atoms with Crippen LogP contribution >= 0.6 is 11.3 Å². The predicted molar refractivity (Wildman–Crippen MR) is 140 cm³/mol. The van der Waals surface area contributed by atoms with Crippen LogP contribution in [0.3, 0.4) is 0 Å². The molecule has 0 aliphatic carbocycles. The third-order valence-electron chi connectivity index (χ3n) is 6.48. The van der Waals surface area contributed by atoms with Crippen molar-refractivity contribution in [1.29, 1.82) is 0 Å². The van der Waals surface area contributed by atoms with E-state index in [4.69, 9.17) is 5.73 Å². The Bertz CT molecular complexity index is 1070. The Balaban J connectivity index is 1.64. The zero-order valence-corrected chi connectivity index (χ0v) is 20.7. The fourth-order valence-corrected chi connectivity index (χ4v) is 5.39. The number of hydrogen-bond donors (Lipinski definition) is 3. The second-order valence-corrected chi connectivity index (χ2v) is 11.0. The van der Waals surface area contributed by atoms with Crippen molar-refractivity contribution >= 4 is 17.2 Å². The van der Waals surface area contributed by atoms with Crippen LogP contribution in [0.4, 0.5) is 0 Å². The Morgan fingerprint density at radius 2 is 1.67 bits per heavy atom. The van der Waals surface area contributed by atoms with Gasteiger partial charge in [0.15, 0.2) is 0 Å². The largest absolute Gasteiger partial charge is 0.351 e. The van der Waals surface area contributed by atoms with Gasteiger partial charge in [0.1, 0.15) is 0 Å². The standard InChI is InChI=1S/C28H35N3OS/c1-28(2,3)23-10-8-22(9-11-23)26-24(21-6-4-19(17-29)5-7-21)16-25(33-26)27(32)31-18-20-12-14-30-15-13-20/h4-11,16,20,30H,12-15,17-18,29H2,1-3H3,(H,31,32). The van der Waals surface area contributed by atoms with Crippen molar-refractivity contribution in [3.8, 4) is 21.6 Å². The van der Waals surface area contributed by atoms with E-state index in [2.05, 4.69) is 79.9 Å². The molecule has 0 atom stereocenters. The number of carbonyl (C=O) groups excluding carboxylic acids is 1. The molecule has 0 saturated carbocycles. The molecule has 1 saturated heterocycles. The molecule has 1 aliphatic rings. The summed E-state index contributed by atoms with van der Waals surface area (Å²) in [7, 11) is 0. The lowest BCUT2D eigenvalue weighted by Gasteiger charge is -2.22. The van der Waals surface area contributed by atoms with Crippen molar-refractivity contribution in [2.45, 2.75) is 45.6 Å². The van der Waals surface area contributed by atoms with Gasteiger partial charge in [0.25, 0.3) is 5.91 Å². The summed E-state index contributed by atoms with van der Waals surface area (Å²) in [5.41, 5.74) is 11.6. The Labute approximate surface area is 201 Å². The summed E-state index contributed by atoms with van der Waals surface area (Å²) in [6.45, 7) is 10.0. The quantitative estimate of drug-likeness (QED) is 0.450. The number of nitrogens with two attached hydrogens (primary N) is 1. The van der Waals surface area contributed by atoms with Crippen molar-refractivity contribution in [3.63, 3.8) is 0 Å². The first-order valence-corrected chi connectivity index (χ1v) is 12.7. The number of benzene rings is 2. The molecular formula is C28H35N3OS. The minimum atomic E-state index is 0.0240. The summed E-state index contributed by atoms with van der Waals surface area (Å²) in [5, 5.41) is 6.57. The second-order valence-electron chi connectivity index (χ2n) is 9.99. The normalized spacial score (nSPS) is 14.9. The Morgan fingerprint density at radius 3 is 2.27 bits per heavy atom. The maximum atomic E-state index is 13.1. The van der Waals surface area contributed by atoms with Crippen molar-refractivity contribution in [2.24, 2.45) is 11.7 Å². The number of amides is 1. The first kappa shape index (κ1) is 23.7. The molecule has 1 aromatic heterocycles. The summed E-state index contributed by atoms with van der Waals surface area (Å²) in [6.07, 6.45) is 2.24. The molecule has 0 unspecified atom stereocenters. The van der Waals surface area contributed by atoms with Crippen LogP contribution in [0.5, 0.6) is 0 Å². The number of nitrogens with one attached hydrogen (secondary N) is 2. The monoisotopic (exact) mass is 461 g/mol. The molecular weight excluding hydrogens is 426 g/mol. The molecule has 0 bridgehead atoms. The minimum Gasteiger partial charge on any atom is -0.351 e. The van der Waals surface area contributed by atoms with E-state index in [1.54, 1.807) is 11.3 Å². The molecule has 2 heterocycles. The van der Waals surface area contributed by atoms with E-state index in [-0.39, 0.29) is 11.3 Å².